The van der Waals surface area contributed by atoms with Crippen LogP contribution in [0.15, 0.2) is 0 Å². The van der Waals surface area contributed by atoms with Crippen LogP contribution in [0.25, 0.3) is 0 Å². The first-order chi connectivity index (χ1) is 9.33. The van der Waals surface area contributed by atoms with Crippen molar-refractivity contribution in [2.45, 2.75) is 64.3 Å². The van der Waals surface area contributed by atoms with Gasteiger partial charge in [-0.2, -0.15) is 0 Å². The minimum atomic E-state index is 0.787. The van der Waals surface area contributed by atoms with Gasteiger partial charge >= 0.3 is 0 Å². The quantitative estimate of drug-likeness (QED) is 0.724. The molecule has 3 aliphatic rings. The predicted molar refractivity (Wildman–Crippen MR) is 81.3 cm³/mol. The Hall–Kier alpha value is -0.0800. The lowest BCUT2D eigenvalue weighted by molar-refractivity contribution is 0.129. The lowest BCUT2D eigenvalue weighted by atomic mass is 9.89. The van der Waals surface area contributed by atoms with Crippen molar-refractivity contribution in [3.63, 3.8) is 0 Å². The number of nitrogens with one attached hydrogen (secondary N) is 1. The van der Waals surface area contributed by atoms with E-state index >= 15 is 0 Å². The standard InChI is InChI=1S/C17H32N2/c1-2-3-4-16-9-17(18-10-14-5-6-14)13-19(12-16)11-15-7-8-15/h14-18H,2-13H2,1H3. The lowest BCUT2D eigenvalue weighted by Gasteiger charge is -2.38. The molecule has 0 radical (unpaired) electrons. The van der Waals surface area contributed by atoms with Gasteiger partial charge in [0.25, 0.3) is 0 Å². The highest BCUT2D eigenvalue weighted by Crippen LogP contribution is 2.32. The van der Waals surface area contributed by atoms with Gasteiger partial charge in [0.05, 0.1) is 0 Å². The molecule has 1 saturated heterocycles. The summed E-state index contributed by atoms with van der Waals surface area (Å²) in [5, 5.41) is 3.87. The minimum Gasteiger partial charge on any atom is -0.312 e. The van der Waals surface area contributed by atoms with Crippen molar-refractivity contribution in [3.8, 4) is 0 Å². The molecule has 2 aliphatic carbocycles. The molecule has 2 saturated carbocycles. The molecule has 2 atom stereocenters. The molecule has 19 heavy (non-hydrogen) atoms. The van der Waals surface area contributed by atoms with Crippen molar-refractivity contribution in [3.05, 3.63) is 0 Å². The molecule has 2 heteroatoms. The zero-order valence-electron chi connectivity index (χ0n) is 12.7. The zero-order chi connectivity index (χ0) is 13.1. The van der Waals surface area contributed by atoms with E-state index in [2.05, 4.69) is 17.1 Å². The Morgan fingerprint density at radius 1 is 1.00 bits per heavy atom. The van der Waals surface area contributed by atoms with Crippen LogP contribution in [-0.2, 0) is 0 Å². The van der Waals surface area contributed by atoms with E-state index in [1.54, 1.807) is 0 Å². The van der Waals surface area contributed by atoms with Crippen molar-refractivity contribution in [2.24, 2.45) is 17.8 Å². The topological polar surface area (TPSA) is 15.3 Å². The summed E-state index contributed by atoms with van der Waals surface area (Å²) in [6.07, 6.45) is 11.6. The third-order valence-corrected chi connectivity index (χ3v) is 5.18. The molecule has 1 aliphatic heterocycles. The second-order valence-corrected chi connectivity index (χ2v) is 7.45. The van der Waals surface area contributed by atoms with Crippen LogP contribution < -0.4 is 5.32 Å². The zero-order valence-corrected chi connectivity index (χ0v) is 12.7. The Labute approximate surface area is 119 Å². The van der Waals surface area contributed by atoms with E-state index < -0.39 is 0 Å². The van der Waals surface area contributed by atoms with E-state index in [9.17, 15) is 0 Å². The summed E-state index contributed by atoms with van der Waals surface area (Å²) in [6, 6.07) is 0.787. The van der Waals surface area contributed by atoms with E-state index in [-0.39, 0.29) is 0 Å². The molecular weight excluding hydrogens is 232 g/mol. The molecule has 1 N–H and O–H groups in total. The van der Waals surface area contributed by atoms with Gasteiger partial charge in [-0.1, -0.05) is 19.8 Å². The first-order valence-electron chi connectivity index (χ1n) is 8.79. The van der Waals surface area contributed by atoms with E-state index in [1.807, 2.05) is 0 Å². The molecule has 1 heterocycles. The van der Waals surface area contributed by atoms with Gasteiger partial charge in [-0.3, -0.25) is 0 Å². The van der Waals surface area contributed by atoms with E-state index in [0.29, 0.717) is 0 Å². The second-order valence-electron chi connectivity index (χ2n) is 7.45. The van der Waals surface area contributed by atoms with Crippen molar-refractivity contribution < 1.29 is 0 Å². The maximum Gasteiger partial charge on any atom is 0.0198 e. The first kappa shape index (κ1) is 13.9. The number of likely N-dealkylation sites (tertiary alicyclic amines) is 1. The minimum absolute atomic E-state index is 0.787. The Bertz CT molecular complexity index is 270. The summed E-state index contributed by atoms with van der Waals surface area (Å²) in [5.74, 6) is 3.03. The van der Waals surface area contributed by atoms with Gasteiger partial charge < -0.3 is 10.2 Å². The molecule has 110 valence electrons. The Morgan fingerprint density at radius 2 is 1.79 bits per heavy atom. The number of unbranched alkanes of at least 4 members (excludes halogenated alkanes) is 1. The Morgan fingerprint density at radius 3 is 2.47 bits per heavy atom. The van der Waals surface area contributed by atoms with Crippen LogP contribution in [0.5, 0.6) is 0 Å². The van der Waals surface area contributed by atoms with Crippen molar-refractivity contribution in [2.75, 3.05) is 26.2 Å². The first-order valence-corrected chi connectivity index (χ1v) is 8.79. The maximum absolute atomic E-state index is 3.87. The average Bonchev–Trinajstić information content (AvgIpc) is 3.28. The van der Waals surface area contributed by atoms with Gasteiger partial charge in [0.15, 0.2) is 0 Å². The summed E-state index contributed by atoms with van der Waals surface area (Å²) in [4.78, 5) is 2.78. The highest BCUT2D eigenvalue weighted by Gasteiger charge is 2.32. The summed E-state index contributed by atoms with van der Waals surface area (Å²) in [7, 11) is 0. The molecule has 0 aromatic carbocycles. The van der Waals surface area contributed by atoms with Crippen LogP contribution in [-0.4, -0.2) is 37.1 Å². The molecule has 0 aromatic heterocycles. The third-order valence-electron chi connectivity index (χ3n) is 5.18. The predicted octanol–water partition coefficient (Wildman–Crippen LogP) is 3.28. The van der Waals surface area contributed by atoms with Crippen LogP contribution >= 0.6 is 0 Å². The maximum atomic E-state index is 3.87. The average molecular weight is 264 g/mol. The molecule has 3 rings (SSSR count). The highest BCUT2D eigenvalue weighted by atomic mass is 15.2. The Kier molecular flexibility index (Phi) is 4.81. The lowest BCUT2D eigenvalue weighted by Crippen LogP contribution is -2.50. The number of hydrogen-bond acceptors (Lipinski definition) is 2. The van der Waals surface area contributed by atoms with Crippen LogP contribution in [0, 0.1) is 17.8 Å². The summed E-state index contributed by atoms with van der Waals surface area (Å²) in [6.45, 7) is 7.73. The molecule has 0 aromatic rings. The number of rotatable bonds is 8. The highest BCUT2D eigenvalue weighted by molar-refractivity contribution is 4.88. The van der Waals surface area contributed by atoms with Crippen LogP contribution in [0.2, 0.25) is 0 Å². The van der Waals surface area contributed by atoms with Gasteiger partial charge in [-0.15, -0.1) is 0 Å². The number of piperidine rings is 1. The number of hydrogen-bond donors (Lipinski definition) is 1. The molecule has 0 spiro atoms. The van der Waals surface area contributed by atoms with Crippen LogP contribution in [0.3, 0.4) is 0 Å². The van der Waals surface area contributed by atoms with Crippen molar-refractivity contribution >= 4 is 0 Å². The number of nitrogens with zero attached hydrogens (tertiary/aromatic N) is 1. The third kappa shape index (κ3) is 4.75. The normalized spacial score (nSPS) is 32.7. The fourth-order valence-electron chi connectivity index (χ4n) is 3.62. The van der Waals surface area contributed by atoms with Crippen molar-refractivity contribution in [1.29, 1.82) is 0 Å². The van der Waals surface area contributed by atoms with Gasteiger partial charge in [-0.05, 0) is 62.8 Å². The molecular formula is C17H32N2. The summed E-state index contributed by atoms with van der Waals surface area (Å²) < 4.78 is 0. The van der Waals surface area contributed by atoms with Gasteiger partial charge in [0.2, 0.25) is 0 Å². The van der Waals surface area contributed by atoms with Crippen molar-refractivity contribution in [1.82, 2.24) is 10.2 Å². The smallest absolute Gasteiger partial charge is 0.0198 e. The summed E-state index contributed by atoms with van der Waals surface area (Å²) >= 11 is 0. The van der Waals surface area contributed by atoms with E-state index in [1.165, 1.54) is 77.5 Å². The molecule has 2 nitrogen and oxygen atoms in total. The fraction of sp³-hybridized carbons (Fsp3) is 1.00. The van der Waals surface area contributed by atoms with Gasteiger partial charge in [0.1, 0.15) is 0 Å². The monoisotopic (exact) mass is 264 g/mol. The van der Waals surface area contributed by atoms with Crippen LogP contribution in [0.4, 0.5) is 0 Å². The Balaban J connectivity index is 1.46. The largest absolute Gasteiger partial charge is 0.312 e. The molecule has 3 fully saturated rings. The summed E-state index contributed by atoms with van der Waals surface area (Å²) in [5.41, 5.74) is 0. The van der Waals surface area contributed by atoms with Gasteiger partial charge in [-0.25, -0.2) is 0 Å². The van der Waals surface area contributed by atoms with Crippen LogP contribution in [0.1, 0.15) is 58.3 Å². The second kappa shape index (κ2) is 6.58. The van der Waals surface area contributed by atoms with Gasteiger partial charge in [0, 0.05) is 25.7 Å². The fourth-order valence-corrected chi connectivity index (χ4v) is 3.62. The van der Waals surface area contributed by atoms with E-state index in [4.69, 9.17) is 0 Å². The molecule has 0 bridgehead atoms. The SMILES string of the molecule is CCCCC1CC(NCC2CC2)CN(CC2CC2)C1. The van der Waals surface area contributed by atoms with E-state index in [0.717, 1.165) is 23.8 Å². The molecule has 0 amide bonds. The molecule has 2 unspecified atom stereocenters.